The number of hydrogen-bond donors (Lipinski definition) is 3. The van der Waals surface area contributed by atoms with Crippen molar-refractivity contribution in [3.63, 3.8) is 0 Å². The van der Waals surface area contributed by atoms with Crippen LogP contribution < -0.4 is 5.32 Å². The van der Waals surface area contributed by atoms with Gasteiger partial charge in [-0.1, -0.05) is 91.0 Å². The lowest BCUT2D eigenvalue weighted by molar-refractivity contribution is -0.0102. The highest BCUT2D eigenvalue weighted by Crippen LogP contribution is 2.40. The van der Waals surface area contributed by atoms with Crippen LogP contribution in [0, 0.1) is 0 Å². The molecule has 1 aliphatic carbocycles. The molecule has 0 saturated heterocycles. The van der Waals surface area contributed by atoms with Crippen molar-refractivity contribution in [2.45, 2.75) is 36.4 Å². The first-order valence-corrected chi connectivity index (χ1v) is 9.94. The second-order valence-electron chi connectivity index (χ2n) is 7.81. The Morgan fingerprint density at radius 2 is 1.21 bits per heavy atom. The molecule has 0 unspecified atom stereocenters. The van der Waals surface area contributed by atoms with Gasteiger partial charge in [0.1, 0.15) is 0 Å². The molecule has 1 saturated carbocycles. The molecule has 3 N–H and O–H groups in total. The second kappa shape index (κ2) is 7.88. The first-order valence-electron chi connectivity index (χ1n) is 9.94. The molecule has 3 aromatic carbocycles. The molecule has 4 rings (SSSR count). The summed E-state index contributed by atoms with van der Waals surface area (Å²) in [5.41, 5.74) is 1.95. The van der Waals surface area contributed by atoms with E-state index in [1.165, 1.54) is 0 Å². The lowest BCUT2D eigenvalue weighted by atomic mass is 9.76. The topological polar surface area (TPSA) is 52.5 Å². The Kier molecular flexibility index (Phi) is 5.31. The molecule has 144 valence electrons. The van der Waals surface area contributed by atoms with E-state index in [-0.39, 0.29) is 12.6 Å². The molecule has 28 heavy (non-hydrogen) atoms. The lowest BCUT2D eigenvalue weighted by Gasteiger charge is -2.39. The Morgan fingerprint density at radius 1 is 0.786 bits per heavy atom. The van der Waals surface area contributed by atoms with Crippen LogP contribution in [-0.4, -0.2) is 28.5 Å². The van der Waals surface area contributed by atoms with Gasteiger partial charge in [0.2, 0.25) is 0 Å². The third kappa shape index (κ3) is 3.49. The fraction of sp³-hybridized carbons (Fsp3) is 0.280. The normalized spacial score (nSPS) is 22.3. The van der Waals surface area contributed by atoms with Crippen LogP contribution in [0.5, 0.6) is 0 Å². The Bertz CT molecular complexity index is 786. The first kappa shape index (κ1) is 18.9. The van der Waals surface area contributed by atoms with Crippen LogP contribution in [0.2, 0.25) is 0 Å². The van der Waals surface area contributed by atoms with E-state index in [9.17, 15) is 10.2 Å². The molecule has 0 aliphatic heterocycles. The summed E-state index contributed by atoms with van der Waals surface area (Å²) in [5.74, 6) is 0. The van der Waals surface area contributed by atoms with Crippen LogP contribution in [0.1, 0.15) is 36.0 Å². The molecule has 1 fully saturated rings. The van der Waals surface area contributed by atoms with E-state index in [4.69, 9.17) is 0 Å². The Labute approximate surface area is 166 Å². The molecular weight excluding hydrogens is 346 g/mol. The van der Waals surface area contributed by atoms with Crippen LogP contribution >= 0.6 is 0 Å². The summed E-state index contributed by atoms with van der Waals surface area (Å²) in [6.45, 7) is -0.194. The molecule has 0 amide bonds. The quantitative estimate of drug-likeness (QED) is 0.576. The molecule has 0 radical (unpaired) electrons. The number of benzene rings is 3. The predicted molar refractivity (Wildman–Crippen MR) is 112 cm³/mol. The number of rotatable bonds is 6. The number of aliphatic hydroxyl groups is 2. The zero-order valence-corrected chi connectivity index (χ0v) is 16.0. The summed E-state index contributed by atoms with van der Waals surface area (Å²) >= 11 is 0. The Hall–Kier alpha value is -2.46. The van der Waals surface area contributed by atoms with Crippen molar-refractivity contribution in [3.05, 3.63) is 108 Å². The number of aliphatic hydroxyl groups excluding tert-OH is 1. The fourth-order valence-electron chi connectivity index (χ4n) is 4.49. The molecule has 0 spiro atoms. The second-order valence-corrected chi connectivity index (χ2v) is 7.81. The molecule has 3 nitrogen and oxygen atoms in total. The molecular formula is C25H27NO2. The summed E-state index contributed by atoms with van der Waals surface area (Å²) in [6.07, 6.45) is 1.97. The van der Waals surface area contributed by atoms with E-state index in [2.05, 4.69) is 78.1 Å². The average Bonchev–Trinajstić information content (AvgIpc) is 3.15. The molecule has 1 aliphatic rings. The van der Waals surface area contributed by atoms with Gasteiger partial charge in [-0.3, -0.25) is 5.32 Å². The van der Waals surface area contributed by atoms with E-state index < -0.39 is 11.1 Å². The number of hydrogen-bond acceptors (Lipinski definition) is 3. The SMILES string of the molecule is OC[C@]1(O)CC[C@H](NC(c2ccccc2)(c2ccccc2)c2ccccc2)C1. The van der Waals surface area contributed by atoms with Gasteiger partial charge >= 0.3 is 0 Å². The van der Waals surface area contributed by atoms with Gasteiger partial charge in [0.05, 0.1) is 17.7 Å². The minimum Gasteiger partial charge on any atom is -0.393 e. The molecule has 0 aromatic heterocycles. The molecule has 0 bridgehead atoms. The van der Waals surface area contributed by atoms with Crippen LogP contribution in [-0.2, 0) is 5.54 Å². The van der Waals surface area contributed by atoms with Gasteiger partial charge in [-0.15, -0.1) is 0 Å². The molecule has 2 atom stereocenters. The maximum Gasteiger partial charge on any atom is 0.0950 e. The first-order chi connectivity index (χ1) is 13.7. The van der Waals surface area contributed by atoms with E-state index in [1.807, 2.05) is 18.2 Å². The van der Waals surface area contributed by atoms with Gasteiger partial charge in [-0.25, -0.2) is 0 Å². The van der Waals surface area contributed by atoms with E-state index in [0.29, 0.717) is 12.8 Å². The van der Waals surface area contributed by atoms with Crippen molar-refractivity contribution in [1.82, 2.24) is 5.32 Å². The van der Waals surface area contributed by atoms with Gasteiger partial charge in [0.25, 0.3) is 0 Å². The van der Waals surface area contributed by atoms with Crippen LogP contribution in [0.25, 0.3) is 0 Å². The van der Waals surface area contributed by atoms with E-state index >= 15 is 0 Å². The largest absolute Gasteiger partial charge is 0.393 e. The minimum atomic E-state index is -0.993. The smallest absolute Gasteiger partial charge is 0.0950 e. The maximum absolute atomic E-state index is 10.6. The van der Waals surface area contributed by atoms with Crippen LogP contribution in [0.4, 0.5) is 0 Å². The maximum atomic E-state index is 10.6. The van der Waals surface area contributed by atoms with Crippen molar-refractivity contribution in [2.24, 2.45) is 0 Å². The zero-order valence-electron chi connectivity index (χ0n) is 16.0. The van der Waals surface area contributed by atoms with Gasteiger partial charge < -0.3 is 10.2 Å². The monoisotopic (exact) mass is 373 g/mol. The molecule has 0 heterocycles. The zero-order chi connectivity index (χ0) is 19.5. The van der Waals surface area contributed by atoms with Crippen molar-refractivity contribution in [2.75, 3.05) is 6.61 Å². The fourth-order valence-corrected chi connectivity index (χ4v) is 4.49. The molecule has 3 heteroatoms. The third-order valence-electron chi connectivity index (χ3n) is 5.92. The number of nitrogens with one attached hydrogen (secondary N) is 1. The van der Waals surface area contributed by atoms with Gasteiger partial charge in [-0.05, 0) is 36.0 Å². The van der Waals surface area contributed by atoms with Gasteiger partial charge in [0.15, 0.2) is 0 Å². The van der Waals surface area contributed by atoms with Gasteiger partial charge in [0, 0.05) is 6.04 Å². The summed E-state index contributed by atoms with van der Waals surface area (Å²) < 4.78 is 0. The highest BCUT2D eigenvalue weighted by atomic mass is 16.3. The highest BCUT2D eigenvalue weighted by Gasteiger charge is 2.43. The van der Waals surface area contributed by atoms with E-state index in [0.717, 1.165) is 23.1 Å². The summed E-state index contributed by atoms with van der Waals surface area (Å²) in [5, 5.41) is 24.1. The van der Waals surface area contributed by atoms with Crippen molar-refractivity contribution >= 4 is 0 Å². The van der Waals surface area contributed by atoms with Crippen LogP contribution in [0.15, 0.2) is 91.0 Å². The third-order valence-corrected chi connectivity index (χ3v) is 5.92. The standard InChI is InChI=1S/C25H27NO2/c27-19-24(28)17-16-23(18-24)26-25(20-10-4-1-5-11-20,21-12-6-2-7-13-21)22-14-8-3-9-15-22/h1-15,23,26-28H,16-19H2/t23-,24-/m0/s1. The summed E-state index contributed by atoms with van der Waals surface area (Å²) in [7, 11) is 0. The minimum absolute atomic E-state index is 0.0952. The van der Waals surface area contributed by atoms with E-state index in [1.54, 1.807) is 0 Å². The Balaban J connectivity index is 1.87. The van der Waals surface area contributed by atoms with Crippen molar-refractivity contribution in [3.8, 4) is 0 Å². The Morgan fingerprint density at radius 3 is 1.57 bits per heavy atom. The van der Waals surface area contributed by atoms with Crippen molar-refractivity contribution < 1.29 is 10.2 Å². The molecule has 3 aromatic rings. The van der Waals surface area contributed by atoms with Crippen LogP contribution in [0.3, 0.4) is 0 Å². The average molecular weight is 373 g/mol. The summed E-state index contributed by atoms with van der Waals surface area (Å²) in [6, 6.07) is 31.5. The van der Waals surface area contributed by atoms with Gasteiger partial charge in [-0.2, -0.15) is 0 Å². The van der Waals surface area contributed by atoms with Crippen molar-refractivity contribution in [1.29, 1.82) is 0 Å². The predicted octanol–water partition coefficient (Wildman–Crippen LogP) is 3.84. The summed E-state index contributed by atoms with van der Waals surface area (Å²) in [4.78, 5) is 0. The highest BCUT2D eigenvalue weighted by molar-refractivity contribution is 5.49. The lowest BCUT2D eigenvalue weighted by Crippen LogP contribution is -2.49.